The van der Waals surface area contributed by atoms with Crippen LogP contribution in [0.3, 0.4) is 0 Å². The summed E-state index contributed by atoms with van der Waals surface area (Å²) < 4.78 is 43.0. The maximum Gasteiger partial charge on any atom is 0.416 e. The number of rotatable bonds is 4. The Morgan fingerprint density at radius 3 is 2.78 bits per heavy atom. The number of hydrogen-bond donors (Lipinski definition) is 1. The molecule has 9 heteroatoms. The fourth-order valence-corrected chi connectivity index (χ4v) is 1.86. The second kappa shape index (κ2) is 6.82. The Morgan fingerprint density at radius 1 is 1.39 bits per heavy atom. The molecule has 1 aromatic heterocycles. The van der Waals surface area contributed by atoms with Crippen molar-refractivity contribution in [2.45, 2.75) is 13.1 Å². The fourth-order valence-electron chi connectivity index (χ4n) is 1.72. The van der Waals surface area contributed by atoms with E-state index in [4.69, 9.17) is 16.3 Å². The van der Waals surface area contributed by atoms with Gasteiger partial charge in [-0.15, -0.1) is 0 Å². The van der Waals surface area contributed by atoms with Gasteiger partial charge in [-0.25, -0.2) is 9.78 Å². The number of anilines is 2. The van der Waals surface area contributed by atoms with E-state index in [1.165, 1.54) is 12.1 Å². The van der Waals surface area contributed by atoms with Crippen LogP contribution in [0.25, 0.3) is 0 Å². The highest BCUT2D eigenvalue weighted by Crippen LogP contribution is 2.31. The SMILES string of the molecule is CCOC(=O)c1cnc(Cl)nc1Nc1cccc(C(F)(F)F)c1. The van der Waals surface area contributed by atoms with Crippen LogP contribution in [0.5, 0.6) is 0 Å². The summed E-state index contributed by atoms with van der Waals surface area (Å²) in [5, 5.41) is 2.47. The van der Waals surface area contributed by atoms with Crippen LogP contribution in [-0.4, -0.2) is 22.5 Å². The number of ether oxygens (including phenoxy) is 1. The third-order valence-corrected chi connectivity index (χ3v) is 2.89. The summed E-state index contributed by atoms with van der Waals surface area (Å²) in [7, 11) is 0. The summed E-state index contributed by atoms with van der Waals surface area (Å²) in [6.45, 7) is 1.75. The maximum atomic E-state index is 12.7. The second-order valence-electron chi connectivity index (χ2n) is 4.33. The first kappa shape index (κ1) is 17.0. The third kappa shape index (κ3) is 4.32. The predicted molar refractivity (Wildman–Crippen MR) is 77.7 cm³/mol. The van der Waals surface area contributed by atoms with E-state index in [9.17, 15) is 18.0 Å². The smallest absolute Gasteiger partial charge is 0.416 e. The number of alkyl halides is 3. The van der Waals surface area contributed by atoms with E-state index >= 15 is 0 Å². The van der Waals surface area contributed by atoms with Crippen LogP contribution in [0.2, 0.25) is 5.28 Å². The largest absolute Gasteiger partial charge is 0.462 e. The molecule has 1 aromatic carbocycles. The van der Waals surface area contributed by atoms with Crippen molar-refractivity contribution in [1.82, 2.24) is 9.97 Å². The van der Waals surface area contributed by atoms with Gasteiger partial charge < -0.3 is 10.1 Å². The molecule has 5 nitrogen and oxygen atoms in total. The molecule has 0 bridgehead atoms. The van der Waals surface area contributed by atoms with E-state index in [0.717, 1.165) is 18.3 Å². The maximum absolute atomic E-state index is 12.7. The topological polar surface area (TPSA) is 64.1 Å². The fraction of sp³-hybridized carbons (Fsp3) is 0.214. The van der Waals surface area contributed by atoms with E-state index in [1.54, 1.807) is 6.92 Å². The summed E-state index contributed by atoms with van der Waals surface area (Å²) in [5.74, 6) is -0.749. The summed E-state index contributed by atoms with van der Waals surface area (Å²) in [5.41, 5.74) is -0.769. The van der Waals surface area contributed by atoms with E-state index in [1.807, 2.05) is 0 Å². The molecule has 0 aliphatic carbocycles. The molecule has 1 heterocycles. The number of nitrogens with one attached hydrogen (secondary N) is 1. The lowest BCUT2D eigenvalue weighted by Gasteiger charge is -2.12. The van der Waals surface area contributed by atoms with Gasteiger partial charge in [-0.3, -0.25) is 0 Å². The van der Waals surface area contributed by atoms with Crippen molar-refractivity contribution < 1.29 is 22.7 Å². The van der Waals surface area contributed by atoms with Crippen LogP contribution in [0.1, 0.15) is 22.8 Å². The number of halogens is 4. The zero-order valence-electron chi connectivity index (χ0n) is 11.8. The number of aromatic nitrogens is 2. The zero-order chi connectivity index (χ0) is 17.0. The molecule has 1 N–H and O–H groups in total. The molecule has 0 saturated heterocycles. The number of nitrogens with zero attached hydrogens (tertiary/aromatic N) is 2. The standard InChI is InChI=1S/C14H11ClF3N3O2/c1-2-23-12(22)10-7-19-13(15)21-11(10)20-9-5-3-4-8(6-9)14(16,17)18/h3-7H,2H2,1H3,(H,19,20,21). The molecule has 0 spiro atoms. The first-order chi connectivity index (χ1) is 10.8. The predicted octanol–water partition coefficient (Wildman–Crippen LogP) is 4.07. The molecular formula is C14H11ClF3N3O2. The molecule has 122 valence electrons. The molecule has 0 aliphatic rings. The molecule has 0 radical (unpaired) electrons. The van der Waals surface area contributed by atoms with Crippen molar-refractivity contribution in [2.75, 3.05) is 11.9 Å². The normalized spacial score (nSPS) is 11.2. The van der Waals surface area contributed by atoms with Gasteiger partial charge in [0.05, 0.1) is 12.2 Å². The van der Waals surface area contributed by atoms with Gasteiger partial charge in [0.15, 0.2) is 0 Å². The number of esters is 1. The highest BCUT2D eigenvalue weighted by atomic mass is 35.5. The summed E-state index contributed by atoms with van der Waals surface area (Å²) >= 11 is 5.67. The van der Waals surface area contributed by atoms with Crippen molar-refractivity contribution in [1.29, 1.82) is 0 Å². The van der Waals surface area contributed by atoms with Crippen LogP contribution in [0.15, 0.2) is 30.5 Å². The average molecular weight is 346 g/mol. The van der Waals surface area contributed by atoms with E-state index in [-0.39, 0.29) is 29.0 Å². The lowest BCUT2D eigenvalue weighted by molar-refractivity contribution is -0.137. The van der Waals surface area contributed by atoms with Crippen LogP contribution in [0.4, 0.5) is 24.7 Å². The Kier molecular flexibility index (Phi) is 5.05. The van der Waals surface area contributed by atoms with Crippen LogP contribution >= 0.6 is 11.6 Å². The number of hydrogen-bond acceptors (Lipinski definition) is 5. The van der Waals surface area contributed by atoms with Gasteiger partial charge in [-0.1, -0.05) is 6.07 Å². The average Bonchev–Trinajstić information content (AvgIpc) is 2.47. The van der Waals surface area contributed by atoms with Gasteiger partial charge in [-0.2, -0.15) is 18.2 Å². The summed E-state index contributed by atoms with van der Waals surface area (Å²) in [6, 6.07) is 4.47. The Balaban J connectivity index is 2.36. The Morgan fingerprint density at radius 2 is 2.13 bits per heavy atom. The number of carbonyl (C=O) groups is 1. The van der Waals surface area contributed by atoms with Crippen molar-refractivity contribution >= 4 is 29.1 Å². The zero-order valence-corrected chi connectivity index (χ0v) is 12.6. The Bertz CT molecular complexity index is 723. The highest BCUT2D eigenvalue weighted by Gasteiger charge is 2.30. The van der Waals surface area contributed by atoms with E-state index < -0.39 is 17.7 Å². The van der Waals surface area contributed by atoms with Crippen LogP contribution in [0, 0.1) is 0 Å². The van der Waals surface area contributed by atoms with Crippen molar-refractivity contribution in [2.24, 2.45) is 0 Å². The number of carbonyl (C=O) groups excluding carboxylic acids is 1. The molecule has 0 unspecified atom stereocenters. The molecule has 0 fully saturated rings. The Labute approximate surface area is 134 Å². The minimum Gasteiger partial charge on any atom is -0.462 e. The van der Waals surface area contributed by atoms with Gasteiger partial charge >= 0.3 is 12.1 Å². The monoisotopic (exact) mass is 345 g/mol. The molecule has 0 saturated carbocycles. The van der Waals surface area contributed by atoms with Crippen molar-refractivity contribution in [3.05, 3.63) is 46.9 Å². The second-order valence-corrected chi connectivity index (χ2v) is 4.66. The molecular weight excluding hydrogens is 335 g/mol. The van der Waals surface area contributed by atoms with Crippen molar-refractivity contribution in [3.8, 4) is 0 Å². The third-order valence-electron chi connectivity index (χ3n) is 2.71. The molecule has 0 aliphatic heterocycles. The number of benzene rings is 1. The van der Waals surface area contributed by atoms with E-state index in [2.05, 4.69) is 15.3 Å². The quantitative estimate of drug-likeness (QED) is 0.668. The highest BCUT2D eigenvalue weighted by molar-refractivity contribution is 6.28. The first-order valence-corrected chi connectivity index (χ1v) is 6.83. The van der Waals surface area contributed by atoms with E-state index in [0.29, 0.717) is 0 Å². The van der Waals surface area contributed by atoms with Crippen molar-refractivity contribution in [3.63, 3.8) is 0 Å². The lowest BCUT2D eigenvalue weighted by Crippen LogP contribution is -2.11. The molecule has 0 atom stereocenters. The summed E-state index contributed by atoms with van der Waals surface area (Å²) in [4.78, 5) is 19.3. The van der Waals surface area contributed by atoms with Crippen LogP contribution in [-0.2, 0) is 10.9 Å². The molecule has 2 aromatic rings. The van der Waals surface area contributed by atoms with Gasteiger partial charge in [0.1, 0.15) is 11.4 Å². The van der Waals surface area contributed by atoms with Gasteiger partial charge in [0.2, 0.25) is 5.28 Å². The molecule has 0 amide bonds. The minimum atomic E-state index is -4.48. The van der Waals surface area contributed by atoms with Gasteiger partial charge in [-0.05, 0) is 36.7 Å². The van der Waals surface area contributed by atoms with Gasteiger partial charge in [0, 0.05) is 11.9 Å². The molecule has 2 rings (SSSR count). The Hall–Kier alpha value is -2.35. The van der Waals surface area contributed by atoms with Crippen LogP contribution < -0.4 is 5.32 Å². The lowest BCUT2D eigenvalue weighted by atomic mass is 10.2. The summed E-state index contributed by atoms with van der Waals surface area (Å²) in [6.07, 6.45) is -3.34. The first-order valence-electron chi connectivity index (χ1n) is 6.45. The minimum absolute atomic E-state index is 0.0336. The molecule has 23 heavy (non-hydrogen) atoms. The van der Waals surface area contributed by atoms with Gasteiger partial charge in [0.25, 0.3) is 0 Å².